The number of hydrogen-bond donors (Lipinski definition) is 2. The molecule has 1 aromatic heterocycles. The molecule has 0 spiro atoms. The number of carbonyl (C=O) groups is 1. The van der Waals surface area contributed by atoms with Gasteiger partial charge in [-0.25, -0.2) is 0 Å². The van der Waals surface area contributed by atoms with Crippen molar-refractivity contribution in [3.05, 3.63) is 51.0 Å². The van der Waals surface area contributed by atoms with Gasteiger partial charge in [0.1, 0.15) is 5.75 Å². The lowest BCUT2D eigenvalue weighted by Gasteiger charge is -2.13. The van der Waals surface area contributed by atoms with Crippen molar-refractivity contribution in [2.75, 3.05) is 0 Å². The van der Waals surface area contributed by atoms with Gasteiger partial charge in [-0.05, 0) is 49.7 Å². The van der Waals surface area contributed by atoms with Crippen LogP contribution >= 0.6 is 34.8 Å². The number of aromatic amines is 1. The predicted octanol–water partition coefficient (Wildman–Crippen LogP) is 6.22. The minimum Gasteiger partial charge on any atom is -0.493 e. The number of amides is 1. The molecule has 2 N–H and O–H groups in total. The van der Waals surface area contributed by atoms with Crippen LogP contribution in [0.3, 0.4) is 0 Å². The maximum absolute atomic E-state index is 12.2. The Bertz CT molecular complexity index is 1060. The van der Waals surface area contributed by atoms with Gasteiger partial charge in [0.05, 0.1) is 10.5 Å². The Balaban J connectivity index is 1.82. The SMILES string of the molecule is Cc1cc(Cl)ccc1OC(C)C(=O)N=Nc1c(O)[nH]c2c(Cl)cc(Cl)cc12. The van der Waals surface area contributed by atoms with E-state index in [1.54, 1.807) is 31.2 Å². The Morgan fingerprint density at radius 2 is 1.93 bits per heavy atom. The van der Waals surface area contributed by atoms with E-state index in [0.717, 1.165) is 5.56 Å². The number of carbonyl (C=O) groups excluding carboxylic acids is 1. The standard InChI is InChI=1S/C18H14Cl3N3O3/c1-8-5-10(19)3-4-14(8)27-9(2)17(25)24-23-16-12-6-11(20)7-13(21)15(12)22-18(16)26/h3-7,9,22,26H,1-2H3. The van der Waals surface area contributed by atoms with E-state index < -0.39 is 12.0 Å². The van der Waals surface area contributed by atoms with Gasteiger partial charge in [0, 0.05) is 15.4 Å². The molecule has 0 saturated carbocycles. The summed E-state index contributed by atoms with van der Waals surface area (Å²) in [6, 6.07) is 8.16. The van der Waals surface area contributed by atoms with Crippen LogP contribution < -0.4 is 4.74 Å². The van der Waals surface area contributed by atoms with Gasteiger partial charge in [-0.2, -0.15) is 0 Å². The van der Waals surface area contributed by atoms with Crippen LogP contribution in [0.4, 0.5) is 5.69 Å². The van der Waals surface area contributed by atoms with E-state index in [4.69, 9.17) is 39.5 Å². The van der Waals surface area contributed by atoms with E-state index in [1.165, 1.54) is 6.07 Å². The third kappa shape index (κ3) is 4.18. The normalized spacial score (nSPS) is 12.6. The topological polar surface area (TPSA) is 87.0 Å². The van der Waals surface area contributed by atoms with Gasteiger partial charge in [0.15, 0.2) is 11.8 Å². The van der Waals surface area contributed by atoms with Crippen molar-refractivity contribution in [2.24, 2.45) is 10.2 Å². The minimum absolute atomic E-state index is 0.0672. The molecule has 1 heterocycles. The van der Waals surface area contributed by atoms with Crippen LogP contribution in [-0.4, -0.2) is 22.1 Å². The second-order valence-corrected chi connectivity index (χ2v) is 7.12. The molecule has 0 fully saturated rings. The van der Waals surface area contributed by atoms with Gasteiger partial charge < -0.3 is 14.8 Å². The molecule has 2 aromatic carbocycles. The second-order valence-electron chi connectivity index (χ2n) is 5.84. The molecular weight excluding hydrogens is 413 g/mol. The maximum atomic E-state index is 12.2. The minimum atomic E-state index is -0.881. The van der Waals surface area contributed by atoms with Gasteiger partial charge in [-0.15, -0.1) is 10.2 Å². The lowest BCUT2D eigenvalue weighted by molar-refractivity contribution is -0.124. The van der Waals surface area contributed by atoms with Crippen LogP contribution in [0.2, 0.25) is 15.1 Å². The summed E-state index contributed by atoms with van der Waals surface area (Å²) in [5, 5.41) is 19.2. The summed E-state index contributed by atoms with van der Waals surface area (Å²) in [6.45, 7) is 3.37. The monoisotopic (exact) mass is 425 g/mol. The third-order valence-electron chi connectivity index (χ3n) is 3.81. The number of azo groups is 1. The van der Waals surface area contributed by atoms with Gasteiger partial charge >= 0.3 is 5.91 Å². The van der Waals surface area contributed by atoms with Crippen molar-refractivity contribution in [3.8, 4) is 11.6 Å². The molecule has 27 heavy (non-hydrogen) atoms. The average Bonchev–Trinajstić information content (AvgIpc) is 2.91. The van der Waals surface area contributed by atoms with E-state index in [-0.39, 0.29) is 11.6 Å². The van der Waals surface area contributed by atoms with Crippen LogP contribution in [-0.2, 0) is 4.79 Å². The molecule has 1 atom stereocenters. The van der Waals surface area contributed by atoms with Gasteiger partial charge in [-0.3, -0.25) is 4.79 Å². The molecule has 0 bridgehead atoms. The summed E-state index contributed by atoms with van der Waals surface area (Å²) in [5.74, 6) is -0.372. The Kier molecular flexibility index (Phi) is 5.60. The van der Waals surface area contributed by atoms with Crippen LogP contribution in [0.25, 0.3) is 10.9 Å². The van der Waals surface area contributed by atoms with E-state index in [9.17, 15) is 9.90 Å². The zero-order valence-electron chi connectivity index (χ0n) is 14.3. The highest BCUT2D eigenvalue weighted by molar-refractivity contribution is 6.38. The van der Waals surface area contributed by atoms with E-state index in [1.807, 2.05) is 6.92 Å². The first-order valence-electron chi connectivity index (χ1n) is 7.84. The van der Waals surface area contributed by atoms with Crippen molar-refractivity contribution in [2.45, 2.75) is 20.0 Å². The highest BCUT2D eigenvalue weighted by atomic mass is 35.5. The largest absolute Gasteiger partial charge is 0.493 e. The number of hydrogen-bond acceptors (Lipinski definition) is 4. The summed E-state index contributed by atoms with van der Waals surface area (Å²) >= 11 is 18.0. The Morgan fingerprint density at radius 1 is 1.19 bits per heavy atom. The molecule has 0 radical (unpaired) electrons. The van der Waals surface area contributed by atoms with Crippen molar-refractivity contribution in [1.82, 2.24) is 4.98 Å². The Hall–Kier alpha value is -2.28. The average molecular weight is 427 g/mol. The quantitative estimate of drug-likeness (QED) is 0.485. The first-order chi connectivity index (χ1) is 12.8. The number of nitrogens with one attached hydrogen (secondary N) is 1. The fourth-order valence-electron chi connectivity index (χ4n) is 2.46. The summed E-state index contributed by atoms with van der Waals surface area (Å²) < 4.78 is 5.61. The summed E-state index contributed by atoms with van der Waals surface area (Å²) in [6.07, 6.45) is -0.881. The van der Waals surface area contributed by atoms with Crippen molar-refractivity contribution in [3.63, 3.8) is 0 Å². The van der Waals surface area contributed by atoms with Gasteiger partial charge in [-0.1, -0.05) is 34.8 Å². The van der Waals surface area contributed by atoms with Crippen molar-refractivity contribution in [1.29, 1.82) is 0 Å². The lowest BCUT2D eigenvalue weighted by atomic mass is 10.2. The van der Waals surface area contributed by atoms with Gasteiger partial charge in [0.25, 0.3) is 0 Å². The Labute approximate surface area is 169 Å². The molecule has 1 amide bonds. The van der Waals surface area contributed by atoms with E-state index in [2.05, 4.69) is 15.2 Å². The molecule has 140 valence electrons. The molecule has 0 aliphatic carbocycles. The fraction of sp³-hybridized carbons (Fsp3) is 0.167. The molecule has 3 rings (SSSR count). The number of rotatable bonds is 4. The number of aromatic nitrogens is 1. The van der Waals surface area contributed by atoms with Crippen molar-refractivity contribution >= 4 is 57.3 Å². The van der Waals surface area contributed by atoms with Gasteiger partial charge in [0.2, 0.25) is 5.88 Å². The second kappa shape index (κ2) is 7.76. The first-order valence-corrected chi connectivity index (χ1v) is 8.97. The molecule has 0 saturated heterocycles. The highest BCUT2D eigenvalue weighted by Crippen LogP contribution is 2.40. The zero-order chi connectivity index (χ0) is 19.7. The summed E-state index contributed by atoms with van der Waals surface area (Å²) in [7, 11) is 0. The predicted molar refractivity (Wildman–Crippen MR) is 106 cm³/mol. The third-order valence-corrected chi connectivity index (χ3v) is 4.57. The number of benzene rings is 2. The highest BCUT2D eigenvalue weighted by Gasteiger charge is 2.18. The number of aryl methyl sites for hydroxylation is 1. The number of aromatic hydroxyl groups is 1. The zero-order valence-corrected chi connectivity index (χ0v) is 16.5. The van der Waals surface area contributed by atoms with Crippen molar-refractivity contribution < 1.29 is 14.6 Å². The number of halogens is 3. The number of H-pyrrole nitrogens is 1. The van der Waals surface area contributed by atoms with Crippen LogP contribution in [0, 0.1) is 6.92 Å². The van der Waals surface area contributed by atoms with Crippen LogP contribution in [0.15, 0.2) is 40.6 Å². The summed E-state index contributed by atoms with van der Waals surface area (Å²) in [4.78, 5) is 14.9. The smallest absolute Gasteiger partial charge is 0.304 e. The van der Waals surface area contributed by atoms with E-state index >= 15 is 0 Å². The molecule has 3 aromatic rings. The number of ether oxygens (including phenoxy) is 1. The number of fused-ring (bicyclic) bond motifs is 1. The van der Waals surface area contributed by atoms with Crippen LogP contribution in [0.5, 0.6) is 11.6 Å². The maximum Gasteiger partial charge on any atom is 0.304 e. The number of nitrogens with zero attached hydrogens (tertiary/aromatic N) is 2. The fourth-order valence-corrected chi connectivity index (χ4v) is 3.23. The molecular formula is C18H14Cl3N3O3. The summed E-state index contributed by atoms with van der Waals surface area (Å²) in [5.41, 5.74) is 1.30. The molecule has 9 heteroatoms. The van der Waals surface area contributed by atoms with E-state index in [0.29, 0.717) is 31.7 Å². The lowest BCUT2D eigenvalue weighted by Crippen LogP contribution is -2.21. The molecule has 1 unspecified atom stereocenters. The molecule has 0 aliphatic heterocycles. The van der Waals surface area contributed by atoms with Crippen LogP contribution in [0.1, 0.15) is 12.5 Å². The Morgan fingerprint density at radius 3 is 2.63 bits per heavy atom. The first kappa shape index (κ1) is 19.5. The molecule has 6 nitrogen and oxygen atoms in total. The molecule has 0 aliphatic rings.